The van der Waals surface area contributed by atoms with Gasteiger partial charge in [-0.3, -0.25) is 0 Å². The molecule has 1 aliphatic rings. The Hall–Kier alpha value is -2.98. The van der Waals surface area contributed by atoms with Crippen LogP contribution in [0.15, 0.2) is 63.4 Å². The highest BCUT2D eigenvalue weighted by Crippen LogP contribution is 2.40. The first-order chi connectivity index (χ1) is 17.8. The van der Waals surface area contributed by atoms with Crippen molar-refractivity contribution in [3.8, 4) is 11.5 Å². The second-order valence-electron chi connectivity index (χ2n) is 8.86. The Balaban J connectivity index is 1.71. The maximum absolute atomic E-state index is 13.3. The first kappa shape index (κ1) is 27.1. The van der Waals surface area contributed by atoms with E-state index in [9.17, 15) is 4.79 Å². The van der Waals surface area contributed by atoms with E-state index in [1.54, 1.807) is 23.6 Å². The van der Waals surface area contributed by atoms with Gasteiger partial charge < -0.3 is 19.5 Å². The van der Waals surface area contributed by atoms with Crippen LogP contribution >= 0.6 is 27.7 Å². The second kappa shape index (κ2) is 12.0. The van der Waals surface area contributed by atoms with Gasteiger partial charge in [0, 0.05) is 15.9 Å². The Labute approximate surface area is 229 Å². The molecule has 0 spiro atoms. The van der Waals surface area contributed by atoms with Gasteiger partial charge in [-0.25, -0.2) is 9.48 Å². The molecule has 0 aliphatic carbocycles. The van der Waals surface area contributed by atoms with Crippen LogP contribution in [0.3, 0.4) is 0 Å². The molecule has 0 bridgehead atoms. The van der Waals surface area contributed by atoms with Gasteiger partial charge in [-0.05, 0) is 62.6 Å². The highest BCUT2D eigenvalue weighted by atomic mass is 79.9. The quantitative estimate of drug-likeness (QED) is 0.216. The molecule has 3 aromatic rings. The minimum Gasteiger partial charge on any atom is -0.493 e. The number of ether oxygens (including phenoxy) is 3. The molecule has 0 saturated heterocycles. The number of hydrogen-bond donors (Lipinski definition) is 1. The molecule has 0 saturated carbocycles. The molecule has 0 amide bonds. The van der Waals surface area contributed by atoms with Gasteiger partial charge in [-0.2, -0.15) is 4.98 Å². The summed E-state index contributed by atoms with van der Waals surface area (Å²) in [4.78, 5) is 17.9. The predicted octanol–water partition coefficient (Wildman–Crippen LogP) is 6.37. The first-order valence-corrected chi connectivity index (χ1v) is 13.9. The molecular formula is C27H31BrN4O4S. The summed E-state index contributed by atoms with van der Waals surface area (Å²) < 4.78 is 20.1. The van der Waals surface area contributed by atoms with Crippen molar-refractivity contribution in [3.63, 3.8) is 0 Å². The summed E-state index contributed by atoms with van der Waals surface area (Å²) in [6, 6.07) is 13.1. The third kappa shape index (κ3) is 6.30. The summed E-state index contributed by atoms with van der Waals surface area (Å²) >= 11 is 5.08. The number of benzene rings is 2. The van der Waals surface area contributed by atoms with Crippen molar-refractivity contribution in [2.75, 3.05) is 18.2 Å². The predicted molar refractivity (Wildman–Crippen MR) is 148 cm³/mol. The van der Waals surface area contributed by atoms with Crippen LogP contribution < -0.4 is 14.8 Å². The van der Waals surface area contributed by atoms with Crippen molar-refractivity contribution in [3.05, 3.63) is 69.3 Å². The number of esters is 1. The molecule has 4 rings (SSSR count). The van der Waals surface area contributed by atoms with Crippen LogP contribution in [-0.2, 0) is 16.1 Å². The molecule has 1 atom stereocenters. The minimum absolute atomic E-state index is 0.260. The number of aromatic nitrogens is 3. The first-order valence-electron chi connectivity index (χ1n) is 12.1. The van der Waals surface area contributed by atoms with Crippen LogP contribution in [0.2, 0.25) is 0 Å². The van der Waals surface area contributed by atoms with E-state index in [-0.39, 0.29) is 6.10 Å². The number of thioether (sulfide) groups is 1. The summed E-state index contributed by atoms with van der Waals surface area (Å²) in [6.07, 6.45) is 0.748. The van der Waals surface area contributed by atoms with Gasteiger partial charge in [0.1, 0.15) is 12.6 Å². The van der Waals surface area contributed by atoms with Crippen molar-refractivity contribution < 1.29 is 19.0 Å². The molecule has 196 valence electrons. The maximum Gasteiger partial charge on any atom is 0.338 e. The zero-order valence-electron chi connectivity index (χ0n) is 21.6. The van der Waals surface area contributed by atoms with Gasteiger partial charge >= 0.3 is 5.97 Å². The summed E-state index contributed by atoms with van der Waals surface area (Å²) in [5.74, 6) is 2.24. The summed E-state index contributed by atoms with van der Waals surface area (Å²) in [5, 5.41) is 8.63. The number of carbonyl (C=O) groups excluding carboxylic acids is 1. The lowest BCUT2D eigenvalue weighted by atomic mass is 9.95. The van der Waals surface area contributed by atoms with Gasteiger partial charge in [0.25, 0.3) is 0 Å². The van der Waals surface area contributed by atoms with Crippen molar-refractivity contribution >= 4 is 39.6 Å². The van der Waals surface area contributed by atoms with Crippen LogP contribution in [0.25, 0.3) is 0 Å². The third-order valence-electron chi connectivity index (χ3n) is 5.62. The number of allylic oxidation sites excluding steroid dienone is 1. The van der Waals surface area contributed by atoms with E-state index in [0.717, 1.165) is 27.8 Å². The van der Waals surface area contributed by atoms with Crippen LogP contribution in [0.4, 0.5) is 5.95 Å². The fourth-order valence-electron chi connectivity index (χ4n) is 4.00. The Kier molecular flexibility index (Phi) is 8.81. The van der Waals surface area contributed by atoms with Gasteiger partial charge in [-0.1, -0.05) is 52.8 Å². The van der Waals surface area contributed by atoms with E-state index in [4.69, 9.17) is 19.3 Å². The van der Waals surface area contributed by atoms with Crippen LogP contribution in [0.5, 0.6) is 11.5 Å². The molecule has 8 nitrogen and oxygen atoms in total. The Morgan fingerprint density at radius 2 is 2.03 bits per heavy atom. The van der Waals surface area contributed by atoms with Crippen molar-refractivity contribution in [1.29, 1.82) is 0 Å². The molecule has 0 fully saturated rings. The number of anilines is 1. The molecule has 10 heteroatoms. The summed E-state index contributed by atoms with van der Waals surface area (Å²) in [6.45, 7) is 8.02. The standard InChI is InChI=1S/C27H31BrN4O4S/c1-6-12-37-27-30-26-29-17(4)23(25(33)36-16(2)3)24(32(26)31-27)19-10-11-21(22(14-19)34-5)35-15-18-8-7-9-20(28)13-18/h7-11,13-14,16,24H,6,12,15H2,1-5H3,(H,29,30,31). The number of methoxy groups -OCH3 is 1. The normalized spacial score (nSPS) is 14.8. The van der Waals surface area contributed by atoms with E-state index >= 15 is 0 Å². The molecule has 2 heterocycles. The van der Waals surface area contributed by atoms with Crippen LogP contribution in [-0.4, -0.2) is 39.7 Å². The average molecular weight is 588 g/mol. The largest absolute Gasteiger partial charge is 0.493 e. The average Bonchev–Trinajstić information content (AvgIpc) is 3.27. The monoisotopic (exact) mass is 586 g/mol. The Morgan fingerprint density at radius 3 is 2.73 bits per heavy atom. The number of fused-ring (bicyclic) bond motifs is 1. The van der Waals surface area contributed by atoms with E-state index in [2.05, 4.69) is 33.2 Å². The van der Waals surface area contributed by atoms with E-state index in [1.165, 1.54) is 0 Å². The molecular weight excluding hydrogens is 556 g/mol. The second-order valence-corrected chi connectivity index (χ2v) is 10.8. The highest BCUT2D eigenvalue weighted by molar-refractivity contribution is 9.10. The van der Waals surface area contributed by atoms with Crippen molar-refractivity contribution in [2.24, 2.45) is 0 Å². The van der Waals surface area contributed by atoms with Crippen molar-refractivity contribution in [1.82, 2.24) is 14.8 Å². The number of hydrogen-bond acceptors (Lipinski definition) is 8. The number of nitrogens with zero attached hydrogens (tertiary/aromatic N) is 3. The Morgan fingerprint density at radius 1 is 1.22 bits per heavy atom. The van der Waals surface area contributed by atoms with Crippen molar-refractivity contribution in [2.45, 2.75) is 58.0 Å². The zero-order valence-corrected chi connectivity index (χ0v) is 24.0. The third-order valence-corrected chi connectivity index (χ3v) is 7.15. The van der Waals surface area contributed by atoms with Crippen LogP contribution in [0, 0.1) is 0 Å². The number of halogens is 1. The number of rotatable bonds is 10. The molecule has 1 N–H and O–H groups in total. The smallest absolute Gasteiger partial charge is 0.338 e. The summed E-state index contributed by atoms with van der Waals surface area (Å²) in [7, 11) is 1.60. The topological polar surface area (TPSA) is 87.5 Å². The number of nitrogens with one attached hydrogen (secondary N) is 1. The summed E-state index contributed by atoms with van der Waals surface area (Å²) in [5.41, 5.74) is 2.99. The fourth-order valence-corrected chi connectivity index (χ4v) is 5.13. The molecule has 2 aromatic carbocycles. The highest BCUT2D eigenvalue weighted by Gasteiger charge is 2.36. The fraction of sp³-hybridized carbons (Fsp3) is 0.370. The van der Waals surface area contributed by atoms with E-state index < -0.39 is 12.0 Å². The van der Waals surface area contributed by atoms with Gasteiger partial charge in [-0.15, -0.1) is 5.10 Å². The maximum atomic E-state index is 13.3. The zero-order chi connectivity index (χ0) is 26.5. The minimum atomic E-state index is -0.543. The Bertz CT molecular complexity index is 1310. The van der Waals surface area contributed by atoms with E-state index in [0.29, 0.717) is 40.5 Å². The lowest BCUT2D eigenvalue weighted by molar-refractivity contribution is -0.143. The van der Waals surface area contributed by atoms with Gasteiger partial charge in [0.2, 0.25) is 11.1 Å². The molecule has 1 aliphatic heterocycles. The molecule has 0 radical (unpaired) electrons. The lowest BCUT2D eigenvalue weighted by Crippen LogP contribution is -2.30. The lowest BCUT2D eigenvalue weighted by Gasteiger charge is -2.29. The van der Waals surface area contributed by atoms with Crippen LogP contribution in [0.1, 0.15) is 51.3 Å². The molecule has 1 unspecified atom stereocenters. The molecule has 1 aromatic heterocycles. The molecule has 37 heavy (non-hydrogen) atoms. The van der Waals surface area contributed by atoms with Gasteiger partial charge in [0.05, 0.1) is 18.8 Å². The SMILES string of the molecule is CCCSc1nc2n(n1)C(c1ccc(OCc3cccc(Br)c3)c(OC)c1)C(C(=O)OC(C)C)=C(C)N2. The van der Waals surface area contributed by atoms with Gasteiger partial charge in [0.15, 0.2) is 11.5 Å². The van der Waals surface area contributed by atoms with E-state index in [1.807, 2.05) is 63.2 Å². The number of carbonyl (C=O) groups is 1.